The molecule has 0 spiro atoms. The van der Waals surface area contributed by atoms with Gasteiger partial charge in [0.1, 0.15) is 6.04 Å². The molecule has 34 heavy (non-hydrogen) atoms. The van der Waals surface area contributed by atoms with Crippen LogP contribution in [0, 0.1) is 0 Å². The van der Waals surface area contributed by atoms with Crippen LogP contribution < -0.4 is 15.6 Å². The average molecular weight is 490 g/mol. The molecular formula is C25H22ClN6OS+. The molecule has 0 saturated heterocycles. The lowest BCUT2D eigenvalue weighted by Gasteiger charge is -2.28. The van der Waals surface area contributed by atoms with Gasteiger partial charge in [-0.1, -0.05) is 59.8 Å². The van der Waals surface area contributed by atoms with E-state index >= 15 is 0 Å². The quantitative estimate of drug-likeness (QED) is 0.374. The lowest BCUT2D eigenvalue weighted by molar-refractivity contribution is -0.378. The van der Waals surface area contributed by atoms with Crippen LogP contribution >= 0.6 is 23.4 Å². The summed E-state index contributed by atoms with van der Waals surface area (Å²) in [4.78, 5) is 21.2. The summed E-state index contributed by atoms with van der Waals surface area (Å²) in [7, 11) is 0. The molecule has 0 fully saturated rings. The van der Waals surface area contributed by atoms with Crippen LogP contribution in [0.15, 0.2) is 95.6 Å². The minimum absolute atomic E-state index is 0.194. The van der Waals surface area contributed by atoms with Gasteiger partial charge in [0.15, 0.2) is 12.4 Å². The van der Waals surface area contributed by atoms with Crippen LogP contribution in [0.4, 0.5) is 11.6 Å². The predicted octanol–water partition coefficient (Wildman–Crippen LogP) is 4.97. The summed E-state index contributed by atoms with van der Waals surface area (Å²) in [6.07, 6.45) is 3.67. The lowest BCUT2D eigenvalue weighted by Crippen LogP contribution is -2.31. The number of allylic oxidation sites excluding steroid dienone is 1. The molecule has 170 valence electrons. The molecule has 7 nitrogen and oxygen atoms in total. The first-order chi connectivity index (χ1) is 16.6. The number of carbonyl (C=O) groups excluding carboxylic acids is 1. The third-order valence-corrected chi connectivity index (χ3v) is 6.74. The number of hydrogen-bond donors (Lipinski definition) is 2. The van der Waals surface area contributed by atoms with Crippen molar-refractivity contribution in [3.8, 4) is 0 Å². The van der Waals surface area contributed by atoms with E-state index in [1.165, 1.54) is 11.8 Å². The second-order valence-corrected chi connectivity index (χ2v) is 9.11. The molecule has 5 rings (SSSR count). The predicted molar refractivity (Wildman–Crippen MR) is 134 cm³/mol. The van der Waals surface area contributed by atoms with E-state index < -0.39 is 6.04 Å². The molecule has 9 heteroatoms. The Bertz CT molecular complexity index is 1360. The highest BCUT2D eigenvalue weighted by Gasteiger charge is 2.34. The molecule has 2 aromatic carbocycles. The van der Waals surface area contributed by atoms with Crippen LogP contribution in [0.2, 0.25) is 5.02 Å². The van der Waals surface area contributed by atoms with E-state index in [4.69, 9.17) is 16.7 Å². The maximum Gasteiger partial charge on any atom is 0.255 e. The van der Waals surface area contributed by atoms with Crippen LogP contribution in [0.1, 0.15) is 24.1 Å². The molecule has 4 aromatic rings. The van der Waals surface area contributed by atoms with Gasteiger partial charge in [0.05, 0.1) is 5.57 Å². The number of para-hydroxylation sites is 1. The van der Waals surface area contributed by atoms with E-state index in [1.54, 1.807) is 4.68 Å². The number of amides is 1. The molecule has 3 heterocycles. The Labute approximate surface area is 206 Å². The minimum atomic E-state index is -0.434. The number of hydrogen-bond acceptors (Lipinski definition) is 5. The van der Waals surface area contributed by atoms with Gasteiger partial charge < -0.3 is 10.6 Å². The third kappa shape index (κ3) is 4.55. The number of halogens is 1. The van der Waals surface area contributed by atoms with Crippen molar-refractivity contribution in [1.82, 2.24) is 14.8 Å². The van der Waals surface area contributed by atoms with Crippen molar-refractivity contribution in [2.24, 2.45) is 0 Å². The summed E-state index contributed by atoms with van der Waals surface area (Å²) >= 11 is 7.81. The number of nitrogens with one attached hydrogen (secondary N) is 3. The van der Waals surface area contributed by atoms with Gasteiger partial charge in [-0.05, 0) is 36.2 Å². The maximum atomic E-state index is 13.4. The number of aromatic amines is 1. The van der Waals surface area contributed by atoms with E-state index in [9.17, 15) is 4.79 Å². The van der Waals surface area contributed by atoms with Gasteiger partial charge in [-0.2, -0.15) is 4.98 Å². The summed E-state index contributed by atoms with van der Waals surface area (Å²) in [5.74, 6) is 1.04. The number of benzene rings is 2. The molecule has 0 radical (unpaired) electrons. The van der Waals surface area contributed by atoms with Gasteiger partial charge in [0.2, 0.25) is 11.1 Å². The summed E-state index contributed by atoms with van der Waals surface area (Å²) in [5, 5.41) is 12.4. The maximum absolute atomic E-state index is 13.4. The summed E-state index contributed by atoms with van der Waals surface area (Å²) < 4.78 is 1.77. The molecule has 1 unspecified atom stereocenters. The van der Waals surface area contributed by atoms with Crippen molar-refractivity contribution in [1.29, 1.82) is 0 Å². The van der Waals surface area contributed by atoms with E-state index in [0.717, 1.165) is 22.5 Å². The van der Waals surface area contributed by atoms with Crippen LogP contribution in [-0.4, -0.2) is 20.7 Å². The standard InChI is InChI=1S/C25H21ClN6OS/c1-16-21(23(33)29-19-8-3-2-4-9-19)22(17-11-13-27-14-12-17)32-24(28-16)30-25(31-32)34-15-18-7-5-6-10-20(18)26/h2-14,22H,15H2,1H3,(H,29,33)(H,28,30,31)/p+1. The largest absolute Gasteiger partial charge is 0.328 e. The highest BCUT2D eigenvalue weighted by Crippen LogP contribution is 2.37. The highest BCUT2D eigenvalue weighted by molar-refractivity contribution is 7.98. The number of nitrogens with zero attached hydrogens (tertiary/aromatic N) is 3. The Morgan fingerprint density at radius 2 is 1.85 bits per heavy atom. The Balaban J connectivity index is 1.48. The Morgan fingerprint density at radius 3 is 2.62 bits per heavy atom. The Morgan fingerprint density at radius 1 is 1.12 bits per heavy atom. The number of thioether (sulfide) groups is 1. The number of H-pyrrole nitrogens is 1. The summed E-state index contributed by atoms with van der Waals surface area (Å²) in [5.41, 5.74) is 3.98. The molecule has 1 aliphatic heterocycles. The molecule has 0 aliphatic carbocycles. The van der Waals surface area contributed by atoms with Crippen LogP contribution in [0.5, 0.6) is 0 Å². The van der Waals surface area contributed by atoms with Crippen molar-refractivity contribution >= 4 is 40.9 Å². The number of pyridine rings is 1. The molecular weight excluding hydrogens is 468 g/mol. The van der Waals surface area contributed by atoms with Gasteiger partial charge in [-0.15, -0.1) is 5.10 Å². The summed E-state index contributed by atoms with van der Waals surface area (Å²) in [6.45, 7) is 1.89. The van der Waals surface area contributed by atoms with E-state index in [0.29, 0.717) is 27.5 Å². The van der Waals surface area contributed by atoms with Crippen molar-refractivity contribution in [2.75, 3.05) is 10.6 Å². The molecule has 0 bridgehead atoms. The average Bonchev–Trinajstić information content (AvgIpc) is 3.26. The van der Waals surface area contributed by atoms with Crippen LogP contribution in [0.3, 0.4) is 0 Å². The number of carbonyl (C=O) groups is 1. The third-order valence-electron chi connectivity index (χ3n) is 5.48. The molecule has 1 amide bonds. The molecule has 0 saturated carbocycles. The molecule has 2 aromatic heterocycles. The number of anilines is 2. The zero-order valence-corrected chi connectivity index (χ0v) is 19.9. The second kappa shape index (κ2) is 9.70. The van der Waals surface area contributed by atoms with Gasteiger partial charge in [-0.25, -0.2) is 9.67 Å². The number of rotatable bonds is 6. The number of fused-ring (bicyclic) bond motifs is 1. The fourth-order valence-electron chi connectivity index (χ4n) is 3.85. The normalized spacial score (nSPS) is 14.9. The van der Waals surface area contributed by atoms with Crippen molar-refractivity contribution < 1.29 is 9.78 Å². The van der Waals surface area contributed by atoms with E-state index in [-0.39, 0.29) is 5.91 Å². The topological polar surface area (TPSA) is 86.0 Å². The fraction of sp³-hybridized carbons (Fsp3) is 0.120. The monoisotopic (exact) mass is 489 g/mol. The molecule has 1 atom stereocenters. The first kappa shape index (κ1) is 22.2. The Kier molecular flexibility index (Phi) is 6.33. The van der Waals surface area contributed by atoms with Gasteiger partial charge >= 0.3 is 0 Å². The van der Waals surface area contributed by atoms with Gasteiger partial charge in [-0.3, -0.25) is 4.79 Å². The van der Waals surface area contributed by atoms with Gasteiger partial charge in [0, 0.05) is 34.3 Å². The lowest BCUT2D eigenvalue weighted by atomic mass is 9.96. The van der Waals surface area contributed by atoms with E-state index in [2.05, 4.69) is 20.6 Å². The van der Waals surface area contributed by atoms with E-state index in [1.807, 2.05) is 86.0 Å². The van der Waals surface area contributed by atoms with Crippen LogP contribution in [0.25, 0.3) is 0 Å². The first-order valence-electron chi connectivity index (χ1n) is 10.7. The van der Waals surface area contributed by atoms with Crippen molar-refractivity contribution in [3.63, 3.8) is 0 Å². The van der Waals surface area contributed by atoms with Crippen LogP contribution in [-0.2, 0) is 10.5 Å². The zero-order chi connectivity index (χ0) is 23.5. The molecule has 3 N–H and O–H groups in total. The first-order valence-corrected chi connectivity index (χ1v) is 12.1. The smallest absolute Gasteiger partial charge is 0.255 e. The SMILES string of the molecule is CC1=C(C(=O)Nc2ccccc2)C(c2cc[nH+]cc2)n2nc(SCc3ccccc3Cl)nc2N1. The second-order valence-electron chi connectivity index (χ2n) is 7.76. The number of aromatic nitrogens is 4. The highest BCUT2D eigenvalue weighted by atomic mass is 35.5. The Hall–Kier alpha value is -3.62. The zero-order valence-electron chi connectivity index (χ0n) is 18.3. The minimum Gasteiger partial charge on any atom is -0.328 e. The van der Waals surface area contributed by atoms with Crippen molar-refractivity contribution in [3.05, 3.63) is 107 Å². The van der Waals surface area contributed by atoms with Gasteiger partial charge in [0.25, 0.3) is 5.91 Å². The van der Waals surface area contributed by atoms with Crippen molar-refractivity contribution in [2.45, 2.75) is 23.9 Å². The summed E-state index contributed by atoms with van der Waals surface area (Å²) in [6, 6.07) is 20.6. The fourth-order valence-corrected chi connectivity index (χ4v) is 4.97. The molecule has 1 aliphatic rings.